The lowest BCUT2D eigenvalue weighted by atomic mass is 9.70. The molecule has 0 spiro atoms. The van der Waals surface area contributed by atoms with Crippen LogP contribution in [-0.2, 0) is 9.53 Å². The minimum absolute atomic E-state index is 0.000100. The fraction of sp³-hybridized carbons (Fsp3) is 0.933. The Labute approximate surface area is 117 Å². The Kier molecular flexibility index (Phi) is 5.22. The summed E-state index contributed by atoms with van der Waals surface area (Å²) in [6.45, 7) is 5.87. The predicted octanol–water partition coefficient (Wildman–Crippen LogP) is 1.60. The number of likely N-dealkylation sites (N-methyl/N-ethyl adjacent to an activating group) is 1. The van der Waals surface area contributed by atoms with Gasteiger partial charge in [-0.2, -0.15) is 0 Å². The maximum Gasteiger partial charge on any atom is 0.306 e. The first-order valence-electron chi connectivity index (χ1n) is 7.64. The molecule has 0 radical (unpaired) electrons. The van der Waals surface area contributed by atoms with E-state index in [1.807, 2.05) is 6.92 Å². The van der Waals surface area contributed by atoms with Crippen molar-refractivity contribution in [2.75, 3.05) is 40.3 Å². The Morgan fingerprint density at radius 1 is 1.37 bits per heavy atom. The third-order valence-electron chi connectivity index (χ3n) is 4.67. The van der Waals surface area contributed by atoms with Crippen LogP contribution >= 0.6 is 0 Å². The van der Waals surface area contributed by atoms with Crippen LogP contribution in [0.1, 0.15) is 32.6 Å². The molecule has 110 valence electrons. The number of rotatable bonds is 6. The van der Waals surface area contributed by atoms with Crippen molar-refractivity contribution in [3.8, 4) is 0 Å². The van der Waals surface area contributed by atoms with Crippen LogP contribution in [-0.4, -0.2) is 62.1 Å². The highest BCUT2D eigenvalue weighted by atomic mass is 16.5. The number of hydrogen-bond donors (Lipinski definition) is 0. The van der Waals surface area contributed by atoms with Gasteiger partial charge >= 0.3 is 5.97 Å². The van der Waals surface area contributed by atoms with E-state index in [0.29, 0.717) is 30.9 Å². The molecular weight excluding hydrogens is 240 g/mol. The molecule has 1 saturated carbocycles. The van der Waals surface area contributed by atoms with E-state index < -0.39 is 0 Å². The molecule has 0 aromatic rings. The summed E-state index contributed by atoms with van der Waals surface area (Å²) in [5.41, 5.74) is 0. The molecule has 2 aliphatic heterocycles. The number of fused-ring (bicyclic) bond motifs is 3. The molecule has 3 atom stereocenters. The summed E-state index contributed by atoms with van der Waals surface area (Å²) in [5.74, 6) is 1.27. The molecule has 0 aromatic carbocycles. The molecule has 2 bridgehead atoms. The van der Waals surface area contributed by atoms with Gasteiger partial charge in [0, 0.05) is 32.1 Å². The highest BCUT2D eigenvalue weighted by molar-refractivity contribution is 5.69. The Morgan fingerprint density at radius 3 is 2.74 bits per heavy atom. The molecule has 0 N–H and O–H groups in total. The van der Waals surface area contributed by atoms with E-state index in [1.165, 1.54) is 32.4 Å². The molecule has 19 heavy (non-hydrogen) atoms. The second-order valence-corrected chi connectivity index (χ2v) is 6.29. The molecule has 2 saturated heterocycles. The van der Waals surface area contributed by atoms with Crippen molar-refractivity contribution in [3.05, 3.63) is 0 Å². The SMILES string of the molecule is CCOC(=O)CC1CC2CCC1CN2CCN(C)C. The van der Waals surface area contributed by atoms with Crippen molar-refractivity contribution in [2.24, 2.45) is 11.8 Å². The van der Waals surface area contributed by atoms with E-state index in [9.17, 15) is 4.79 Å². The maximum atomic E-state index is 11.6. The lowest BCUT2D eigenvalue weighted by Crippen LogP contribution is -2.53. The van der Waals surface area contributed by atoms with Crippen LogP contribution in [0.15, 0.2) is 0 Å². The molecule has 0 amide bonds. The van der Waals surface area contributed by atoms with Gasteiger partial charge in [0.05, 0.1) is 6.61 Å². The van der Waals surface area contributed by atoms with Gasteiger partial charge in [0.1, 0.15) is 0 Å². The van der Waals surface area contributed by atoms with Crippen LogP contribution in [0.2, 0.25) is 0 Å². The summed E-state index contributed by atoms with van der Waals surface area (Å²) in [5, 5.41) is 0. The van der Waals surface area contributed by atoms with Crippen LogP contribution in [0.4, 0.5) is 0 Å². The topological polar surface area (TPSA) is 32.8 Å². The predicted molar refractivity (Wildman–Crippen MR) is 76.0 cm³/mol. The minimum Gasteiger partial charge on any atom is -0.466 e. The number of carbonyl (C=O) groups is 1. The van der Waals surface area contributed by atoms with E-state index in [4.69, 9.17) is 4.74 Å². The fourth-order valence-corrected chi connectivity index (χ4v) is 3.61. The molecule has 3 aliphatic rings. The number of carbonyl (C=O) groups excluding carboxylic acids is 1. The third kappa shape index (κ3) is 3.93. The Bertz CT molecular complexity index is 307. The standard InChI is InChI=1S/C15H28N2O2/c1-4-19-15(18)10-13-9-14-6-5-12(13)11-17(14)8-7-16(2)3/h12-14H,4-11H2,1-3H3. The highest BCUT2D eigenvalue weighted by Gasteiger charge is 2.40. The average molecular weight is 268 g/mol. The zero-order chi connectivity index (χ0) is 13.8. The lowest BCUT2D eigenvalue weighted by Gasteiger charge is -2.49. The van der Waals surface area contributed by atoms with Gasteiger partial charge in [0.2, 0.25) is 0 Å². The first kappa shape index (κ1) is 14.8. The fourth-order valence-electron chi connectivity index (χ4n) is 3.61. The lowest BCUT2D eigenvalue weighted by molar-refractivity contribution is -0.146. The van der Waals surface area contributed by atoms with Gasteiger partial charge in [0.15, 0.2) is 0 Å². The molecular formula is C15H28N2O2. The van der Waals surface area contributed by atoms with Crippen LogP contribution in [0.3, 0.4) is 0 Å². The van der Waals surface area contributed by atoms with Gasteiger partial charge < -0.3 is 9.64 Å². The zero-order valence-electron chi connectivity index (χ0n) is 12.6. The highest BCUT2D eigenvalue weighted by Crippen LogP contribution is 2.40. The smallest absolute Gasteiger partial charge is 0.306 e. The van der Waals surface area contributed by atoms with Gasteiger partial charge in [-0.3, -0.25) is 9.69 Å². The molecule has 2 heterocycles. The minimum atomic E-state index is -0.000100. The van der Waals surface area contributed by atoms with Crippen molar-refractivity contribution in [2.45, 2.75) is 38.6 Å². The van der Waals surface area contributed by atoms with Crippen molar-refractivity contribution in [1.29, 1.82) is 0 Å². The molecule has 3 rings (SSSR count). The zero-order valence-corrected chi connectivity index (χ0v) is 12.6. The van der Waals surface area contributed by atoms with E-state index in [0.717, 1.165) is 6.54 Å². The molecule has 3 unspecified atom stereocenters. The van der Waals surface area contributed by atoms with E-state index in [1.54, 1.807) is 0 Å². The number of piperidine rings is 2. The maximum absolute atomic E-state index is 11.6. The van der Waals surface area contributed by atoms with E-state index >= 15 is 0 Å². The van der Waals surface area contributed by atoms with Gasteiger partial charge in [-0.1, -0.05) is 0 Å². The summed E-state index contributed by atoms with van der Waals surface area (Å²) in [4.78, 5) is 16.5. The van der Waals surface area contributed by atoms with Gasteiger partial charge in [-0.25, -0.2) is 0 Å². The van der Waals surface area contributed by atoms with Gasteiger partial charge in [-0.15, -0.1) is 0 Å². The number of nitrogens with zero attached hydrogens (tertiary/aromatic N) is 2. The van der Waals surface area contributed by atoms with Crippen molar-refractivity contribution >= 4 is 5.97 Å². The Morgan fingerprint density at radius 2 is 2.16 bits per heavy atom. The molecule has 4 heteroatoms. The summed E-state index contributed by atoms with van der Waals surface area (Å²) < 4.78 is 5.10. The first-order chi connectivity index (χ1) is 9.10. The van der Waals surface area contributed by atoms with Crippen molar-refractivity contribution in [3.63, 3.8) is 0 Å². The van der Waals surface area contributed by atoms with Gasteiger partial charge in [-0.05, 0) is 52.1 Å². The van der Waals surface area contributed by atoms with Crippen LogP contribution in [0, 0.1) is 11.8 Å². The monoisotopic (exact) mass is 268 g/mol. The summed E-state index contributed by atoms with van der Waals surface area (Å²) in [6.07, 6.45) is 4.44. The van der Waals surface area contributed by atoms with Crippen LogP contribution in [0.5, 0.6) is 0 Å². The average Bonchev–Trinajstić information content (AvgIpc) is 2.37. The largest absolute Gasteiger partial charge is 0.466 e. The number of ether oxygens (including phenoxy) is 1. The number of esters is 1. The Hall–Kier alpha value is -0.610. The normalized spacial score (nSPS) is 30.8. The van der Waals surface area contributed by atoms with E-state index in [-0.39, 0.29) is 5.97 Å². The summed E-state index contributed by atoms with van der Waals surface area (Å²) in [6, 6.07) is 0.698. The third-order valence-corrected chi connectivity index (χ3v) is 4.67. The molecule has 3 fully saturated rings. The summed E-state index contributed by atoms with van der Waals surface area (Å²) in [7, 11) is 4.26. The van der Waals surface area contributed by atoms with Crippen LogP contribution < -0.4 is 0 Å². The molecule has 0 aromatic heterocycles. The Balaban J connectivity index is 1.82. The van der Waals surface area contributed by atoms with Crippen molar-refractivity contribution < 1.29 is 9.53 Å². The number of hydrogen-bond acceptors (Lipinski definition) is 4. The second kappa shape index (κ2) is 6.71. The first-order valence-corrected chi connectivity index (χ1v) is 7.64. The van der Waals surface area contributed by atoms with Crippen LogP contribution in [0.25, 0.3) is 0 Å². The molecule has 1 aliphatic carbocycles. The van der Waals surface area contributed by atoms with Gasteiger partial charge in [0.25, 0.3) is 0 Å². The quantitative estimate of drug-likeness (QED) is 0.685. The van der Waals surface area contributed by atoms with Crippen molar-refractivity contribution in [1.82, 2.24) is 9.80 Å². The second-order valence-electron chi connectivity index (χ2n) is 6.29. The van der Waals surface area contributed by atoms with E-state index in [2.05, 4.69) is 23.9 Å². The molecule has 4 nitrogen and oxygen atoms in total. The summed E-state index contributed by atoms with van der Waals surface area (Å²) >= 11 is 0.